The van der Waals surface area contributed by atoms with Crippen LogP contribution in [0.5, 0.6) is 0 Å². The second-order valence-electron chi connectivity index (χ2n) is 17.2. The summed E-state index contributed by atoms with van der Waals surface area (Å²) in [4.78, 5) is 0. The molecule has 0 nitrogen and oxygen atoms in total. The number of rotatable bonds is 1. The summed E-state index contributed by atoms with van der Waals surface area (Å²) in [6, 6.07) is 0. The molecule has 0 saturated heterocycles. The van der Waals surface area contributed by atoms with Crippen molar-refractivity contribution in [1.82, 2.24) is 0 Å². The Bertz CT molecular complexity index is 642. The first-order valence-electron chi connectivity index (χ1n) is 18.6. The minimum Gasteiger partial charge on any atom is -0.0625 e. The highest BCUT2D eigenvalue weighted by Crippen LogP contribution is 2.55. The smallest absolute Gasteiger partial charge is 0.0298 e. The first-order valence-corrected chi connectivity index (χ1v) is 18.6. The molecule has 39 heavy (non-hydrogen) atoms. The van der Waals surface area contributed by atoms with Gasteiger partial charge >= 0.3 is 0 Å². The third-order valence-corrected chi connectivity index (χ3v) is 12.5. The predicted molar refractivity (Wildman–Crippen MR) is 175 cm³/mol. The third kappa shape index (κ3) is 12.4. The Morgan fingerprint density at radius 1 is 0.436 bits per heavy atom. The molecule has 3 aliphatic carbocycles. The van der Waals surface area contributed by atoms with Crippen LogP contribution in [0.4, 0.5) is 0 Å². The molecule has 0 radical (unpaired) electrons. The zero-order chi connectivity index (χ0) is 28.2. The first kappa shape index (κ1) is 33.5. The minimum absolute atomic E-state index is 0.535. The molecule has 3 fully saturated rings. The van der Waals surface area contributed by atoms with E-state index < -0.39 is 0 Å². The Hall–Kier alpha value is 0. The van der Waals surface area contributed by atoms with E-state index in [1.807, 2.05) is 0 Å². The van der Waals surface area contributed by atoms with Gasteiger partial charge in [0.2, 0.25) is 0 Å². The standard InChI is InChI=1S/C39H74/c1-33-22-14-11-12-19-30-39(6,31-21-28-37(2,3)27-20-23-33)35-25-16-10-8-7-9-15-24-34-32-36(34)38(4,5)29-18-13-17-26-35/h33-36H,7-32H2,1-6H3. The molecular formula is C39H74. The molecule has 0 aromatic rings. The number of fused-ring (bicyclic) bond motifs is 1. The normalized spacial score (nSPS) is 37.4. The summed E-state index contributed by atoms with van der Waals surface area (Å²) in [6.07, 6.45) is 38.7. The molecule has 3 rings (SSSR count). The lowest BCUT2D eigenvalue weighted by Gasteiger charge is -2.40. The molecule has 0 aromatic carbocycles. The highest BCUT2D eigenvalue weighted by Gasteiger charge is 2.46. The van der Waals surface area contributed by atoms with Gasteiger partial charge in [-0.15, -0.1) is 0 Å². The minimum atomic E-state index is 0.535. The van der Waals surface area contributed by atoms with Gasteiger partial charge in [0.1, 0.15) is 0 Å². The van der Waals surface area contributed by atoms with Crippen LogP contribution >= 0.6 is 0 Å². The van der Waals surface area contributed by atoms with Crippen molar-refractivity contribution in [2.75, 3.05) is 0 Å². The molecule has 230 valence electrons. The summed E-state index contributed by atoms with van der Waals surface area (Å²) in [7, 11) is 0. The molecule has 3 aliphatic rings. The zero-order valence-corrected chi connectivity index (χ0v) is 28.2. The fourth-order valence-corrected chi connectivity index (χ4v) is 9.28. The molecule has 3 saturated carbocycles. The Labute approximate surface area is 248 Å². The molecule has 5 atom stereocenters. The Kier molecular flexibility index (Phi) is 14.2. The Morgan fingerprint density at radius 2 is 0.923 bits per heavy atom. The van der Waals surface area contributed by atoms with Crippen molar-refractivity contribution in [3.8, 4) is 0 Å². The van der Waals surface area contributed by atoms with E-state index in [4.69, 9.17) is 0 Å². The third-order valence-electron chi connectivity index (χ3n) is 12.5. The molecule has 0 heterocycles. The lowest BCUT2D eigenvalue weighted by atomic mass is 9.65. The fourth-order valence-electron chi connectivity index (χ4n) is 9.28. The van der Waals surface area contributed by atoms with Crippen LogP contribution in [0, 0.1) is 39.9 Å². The fraction of sp³-hybridized carbons (Fsp3) is 1.00. The van der Waals surface area contributed by atoms with Gasteiger partial charge in [0.05, 0.1) is 0 Å². The molecule has 0 aromatic heterocycles. The topological polar surface area (TPSA) is 0 Å². The molecule has 0 aliphatic heterocycles. The van der Waals surface area contributed by atoms with Gasteiger partial charge in [-0.05, 0) is 91.3 Å². The van der Waals surface area contributed by atoms with E-state index >= 15 is 0 Å². The van der Waals surface area contributed by atoms with Gasteiger partial charge in [-0.3, -0.25) is 0 Å². The maximum absolute atomic E-state index is 2.77. The second kappa shape index (κ2) is 16.6. The Balaban J connectivity index is 1.62. The van der Waals surface area contributed by atoms with Crippen molar-refractivity contribution < 1.29 is 0 Å². The van der Waals surface area contributed by atoms with Crippen LogP contribution < -0.4 is 0 Å². The van der Waals surface area contributed by atoms with Gasteiger partial charge in [-0.1, -0.05) is 157 Å². The molecule has 0 N–H and O–H groups in total. The molecule has 0 heteroatoms. The molecule has 0 spiro atoms. The van der Waals surface area contributed by atoms with E-state index in [2.05, 4.69) is 41.5 Å². The van der Waals surface area contributed by atoms with Crippen LogP contribution in [0.25, 0.3) is 0 Å². The number of hydrogen-bond acceptors (Lipinski definition) is 0. The average Bonchev–Trinajstić information content (AvgIpc) is 3.65. The summed E-state index contributed by atoms with van der Waals surface area (Å²) in [5.41, 5.74) is 1.71. The monoisotopic (exact) mass is 543 g/mol. The van der Waals surface area contributed by atoms with Gasteiger partial charge in [-0.25, -0.2) is 0 Å². The maximum Gasteiger partial charge on any atom is -0.0298 e. The lowest BCUT2D eigenvalue weighted by Crippen LogP contribution is -2.29. The average molecular weight is 543 g/mol. The summed E-state index contributed by atoms with van der Waals surface area (Å²) in [5.74, 6) is 4.02. The van der Waals surface area contributed by atoms with Gasteiger partial charge in [0.25, 0.3) is 0 Å². The van der Waals surface area contributed by atoms with E-state index in [0.29, 0.717) is 16.2 Å². The van der Waals surface area contributed by atoms with Crippen LogP contribution in [0.2, 0.25) is 0 Å². The van der Waals surface area contributed by atoms with E-state index in [-0.39, 0.29) is 0 Å². The van der Waals surface area contributed by atoms with Crippen molar-refractivity contribution in [3.05, 3.63) is 0 Å². The van der Waals surface area contributed by atoms with E-state index in [9.17, 15) is 0 Å². The highest BCUT2D eigenvalue weighted by atomic mass is 14.5. The predicted octanol–water partition coefficient (Wildman–Crippen LogP) is 13.7. The van der Waals surface area contributed by atoms with Crippen molar-refractivity contribution in [2.24, 2.45) is 39.9 Å². The van der Waals surface area contributed by atoms with Gasteiger partial charge in [-0.2, -0.15) is 0 Å². The quantitative estimate of drug-likeness (QED) is 0.309. The summed E-state index contributed by atoms with van der Waals surface area (Å²) in [5, 5.41) is 0. The first-order chi connectivity index (χ1) is 18.6. The van der Waals surface area contributed by atoms with Crippen LogP contribution in [0.1, 0.15) is 208 Å². The van der Waals surface area contributed by atoms with Gasteiger partial charge in [0, 0.05) is 0 Å². The SMILES string of the molecule is CC1CCCCCCC(C)(C2CCCCCCCCC3CC3C(C)(C)CCCCC2)CCCC(C)(C)CCC1. The van der Waals surface area contributed by atoms with Crippen molar-refractivity contribution in [1.29, 1.82) is 0 Å². The van der Waals surface area contributed by atoms with Crippen molar-refractivity contribution in [3.63, 3.8) is 0 Å². The van der Waals surface area contributed by atoms with E-state index in [0.717, 1.165) is 23.7 Å². The Morgan fingerprint density at radius 3 is 1.64 bits per heavy atom. The second-order valence-corrected chi connectivity index (χ2v) is 17.2. The summed E-state index contributed by atoms with van der Waals surface area (Å²) >= 11 is 0. The summed E-state index contributed by atoms with van der Waals surface area (Å²) in [6.45, 7) is 15.7. The van der Waals surface area contributed by atoms with Crippen LogP contribution in [-0.2, 0) is 0 Å². The molecule has 5 unspecified atom stereocenters. The maximum atomic E-state index is 2.77. The number of hydrogen-bond donors (Lipinski definition) is 0. The molecular weight excluding hydrogens is 468 g/mol. The summed E-state index contributed by atoms with van der Waals surface area (Å²) < 4.78 is 0. The van der Waals surface area contributed by atoms with Gasteiger partial charge < -0.3 is 0 Å². The highest BCUT2D eigenvalue weighted by molar-refractivity contribution is 4.96. The van der Waals surface area contributed by atoms with Crippen molar-refractivity contribution >= 4 is 0 Å². The van der Waals surface area contributed by atoms with Crippen LogP contribution in [0.15, 0.2) is 0 Å². The zero-order valence-electron chi connectivity index (χ0n) is 28.2. The van der Waals surface area contributed by atoms with Crippen LogP contribution in [-0.4, -0.2) is 0 Å². The van der Waals surface area contributed by atoms with Crippen molar-refractivity contribution in [2.45, 2.75) is 208 Å². The lowest BCUT2D eigenvalue weighted by molar-refractivity contribution is 0.112. The largest absolute Gasteiger partial charge is 0.0625 e. The van der Waals surface area contributed by atoms with E-state index in [1.165, 1.54) is 161 Å². The van der Waals surface area contributed by atoms with Crippen LogP contribution in [0.3, 0.4) is 0 Å². The van der Waals surface area contributed by atoms with Gasteiger partial charge in [0.15, 0.2) is 0 Å². The van der Waals surface area contributed by atoms with E-state index in [1.54, 1.807) is 6.42 Å². The molecule has 0 bridgehead atoms. The molecule has 0 amide bonds.